The number of amides is 6. The average Bonchev–Trinajstić information content (AvgIpc) is 0.786. The highest BCUT2D eigenvalue weighted by molar-refractivity contribution is 9.10. The van der Waals surface area contributed by atoms with Gasteiger partial charge in [0.05, 0.1) is 140 Å². The summed E-state index contributed by atoms with van der Waals surface area (Å²) < 4.78 is 45.7. The Hall–Kier alpha value is -16.3. The molecule has 0 saturated carbocycles. The van der Waals surface area contributed by atoms with Crippen LogP contribution in [0.3, 0.4) is 0 Å². The van der Waals surface area contributed by atoms with Gasteiger partial charge in [-0.05, 0) is 152 Å². The van der Waals surface area contributed by atoms with Crippen LogP contribution in [0.5, 0.6) is 34.5 Å². The number of hydrogen-bond acceptors (Lipinski definition) is 27. The Morgan fingerprint density at radius 3 is 1.06 bits per heavy atom. The van der Waals surface area contributed by atoms with Crippen LogP contribution in [0.2, 0.25) is 69.4 Å². The number of carbonyl (C=O) groups excluding carboxylic acids is 6. The maximum absolute atomic E-state index is 14.5. The van der Waals surface area contributed by atoms with Gasteiger partial charge in [0.15, 0.2) is 17.2 Å². The lowest BCUT2D eigenvalue weighted by Crippen LogP contribution is -2.20. The van der Waals surface area contributed by atoms with Crippen LogP contribution in [0, 0.1) is 55.5 Å². The Kier molecular flexibility index (Phi) is 43.2. The lowest BCUT2D eigenvalue weighted by atomic mass is 10.1. The van der Waals surface area contributed by atoms with Gasteiger partial charge in [0.25, 0.3) is 35.4 Å². The molecule has 13 aromatic rings. The first-order chi connectivity index (χ1) is 67.7. The number of para-hydroxylation sites is 3. The maximum atomic E-state index is 14.5. The average molecular weight is 2160 g/mol. The van der Waals surface area contributed by atoms with Crippen LogP contribution in [0.25, 0.3) is 4.85 Å². The zero-order chi connectivity index (χ0) is 106. The van der Waals surface area contributed by atoms with E-state index in [9.17, 15) is 58.2 Å². The van der Waals surface area contributed by atoms with Crippen molar-refractivity contribution >= 4 is 218 Å². The number of carbonyl (C=O) groups is 7. The van der Waals surface area contributed by atoms with Gasteiger partial charge in [0, 0.05) is 52.8 Å². The zero-order valence-corrected chi connectivity index (χ0v) is 85.7. The second-order valence-electron chi connectivity index (χ2n) is 30.5. The zero-order valence-electron chi connectivity index (χ0n) is 77.5. The van der Waals surface area contributed by atoms with Crippen LogP contribution in [-0.2, 0) is 0 Å². The van der Waals surface area contributed by atoms with Gasteiger partial charge in [-0.25, -0.2) is 43.9 Å². The number of methoxy groups -OCH3 is 6. The molecule has 0 aliphatic heterocycles. The van der Waals surface area contributed by atoms with Gasteiger partial charge in [-0.1, -0.05) is 167 Å². The number of nitro groups is 2. The molecule has 0 unspecified atom stereocenters. The third-order valence-corrected chi connectivity index (χ3v) is 21.4. The summed E-state index contributed by atoms with van der Waals surface area (Å²) >= 11 is 37.6. The number of anilines is 10. The maximum Gasteiger partial charge on any atom is 0.342 e. The van der Waals surface area contributed by atoms with Crippen LogP contribution < -0.4 is 83.3 Å². The summed E-state index contributed by atoms with van der Waals surface area (Å²) in [5, 5.41) is 48.9. The van der Waals surface area contributed by atoms with Crippen LogP contribution in [-0.4, -0.2) is 145 Å². The Balaban J connectivity index is 0.000000234. The van der Waals surface area contributed by atoms with Crippen LogP contribution in [0.4, 0.5) is 79.1 Å². The van der Waals surface area contributed by atoms with E-state index in [0.29, 0.717) is 97.4 Å². The second-order valence-corrected chi connectivity index (χ2v) is 43.5. The highest BCUT2D eigenvalue weighted by Gasteiger charge is 2.29. The number of carboxylic acid groups (broad SMARTS) is 1. The summed E-state index contributed by atoms with van der Waals surface area (Å²) in [5.41, 5.74) is 30.9. The van der Waals surface area contributed by atoms with Crippen molar-refractivity contribution in [2.45, 2.75) is 39.3 Å². The predicted molar refractivity (Wildman–Crippen MR) is 560 cm³/mol. The molecule has 0 radical (unpaired) electrons. The van der Waals surface area contributed by atoms with Crippen molar-refractivity contribution in [2.75, 3.05) is 97.5 Å². The number of hydrogen-bond donors (Lipinski definition) is 11. The van der Waals surface area contributed by atoms with Crippen LogP contribution in [0.1, 0.15) is 83.6 Å². The number of nitrogens with one attached hydrogen (secondary N) is 6. The number of pyridine rings is 6. The Bertz CT molecular complexity index is 6990. The summed E-state index contributed by atoms with van der Waals surface area (Å²) in [6.45, 7) is 19.7. The second kappa shape index (κ2) is 54.3. The van der Waals surface area contributed by atoms with Crippen molar-refractivity contribution in [2.24, 2.45) is 0 Å². The van der Waals surface area contributed by atoms with Gasteiger partial charge < -0.3 is 88.4 Å². The third kappa shape index (κ3) is 35.5. The number of nitrogen functional groups attached to an aromatic ring is 4. The summed E-state index contributed by atoms with van der Waals surface area (Å²) in [4.78, 5) is 133. The molecule has 0 bridgehead atoms. The topological polar surface area (TPSA) is 539 Å². The normalized spacial score (nSPS) is 10.1. The monoisotopic (exact) mass is 2160 g/mol. The fourth-order valence-corrected chi connectivity index (χ4v) is 13.3. The Labute approximate surface area is 858 Å². The van der Waals surface area contributed by atoms with E-state index in [1.807, 2.05) is 0 Å². The number of nitro benzene ring substituents is 2. The Morgan fingerprint density at radius 2 is 0.713 bits per heavy atom. The minimum Gasteiger partial charge on any atom is -0.495 e. The van der Waals surface area contributed by atoms with E-state index in [1.54, 1.807) is 109 Å². The first kappa shape index (κ1) is 114. The summed E-state index contributed by atoms with van der Waals surface area (Å²) in [6.07, 6.45) is 8.60. The van der Waals surface area contributed by atoms with Gasteiger partial charge in [-0.3, -0.25) is 49.0 Å². The minimum atomic E-state index is -1.73. The quantitative estimate of drug-likeness (QED) is 0.00795. The molecule has 6 amide bonds. The van der Waals surface area contributed by atoms with Crippen molar-refractivity contribution < 1.29 is 81.3 Å². The van der Waals surface area contributed by atoms with E-state index in [4.69, 9.17) is 133 Å². The number of benzene rings is 7. The molecule has 0 fully saturated rings. The van der Waals surface area contributed by atoms with E-state index in [1.165, 1.54) is 141 Å². The molecule has 143 heavy (non-hydrogen) atoms. The van der Waals surface area contributed by atoms with Gasteiger partial charge in [0.2, 0.25) is 0 Å². The van der Waals surface area contributed by atoms with E-state index in [-0.39, 0.29) is 103 Å². The number of aromatic carboxylic acids is 1. The molecular weight excluding hydrogens is 2070 g/mol. The van der Waals surface area contributed by atoms with Gasteiger partial charge in [0.1, 0.15) is 91.0 Å². The van der Waals surface area contributed by atoms with E-state index in [2.05, 4.69) is 145 Å². The number of carboxylic acids is 1. The standard InChI is InChI=1S/C26H22ClFN4O3Si.C18H20ClN3O2Si.C13H11BrClN3O2.C13H10ClN3O4.C13H12ClN3O2.C8H7NO5.C5H5ClN2/c1-29-18-7-8-19(21(28)14-18)25(33)32-24-20(26(34)31-23-9-6-17(27)15-30-23)12-16(13-22(24)35-2)10-11-36(3,4)5;1-24-15-10-12(7-8-25(2,3)4)9-14(17(15)20)18(23)22-16-6-5-13(19)11-21-16;1-20-10-5-7(14)4-9(12(10)16)13(19)18-11-3-2-8(15)6-17-11;1-21-10-4-2-3-9(12(10)17(19)20)13(18)16-11-6-5-8(14)7-15-11;1-19-10-4-2-3-9(12(10)15)13(18)17-11-6-5-8(14)7-16-11;1-14-6-4-2-3-5(8(10)11)7(6)9(12)13;6-4-1-2-5(7)8-3-4/h6-9,12-15H,2-5H3,(H,32,33)(H,30,31,34);5-6,9-11H,20H2,1-4H3,(H,21,22,23);2-6H,16H2,1H3,(H,17,18,19);2-7H,1H3,(H,15,16,18);2-7H,15H2,1H3,(H,16,17,18);2-4H,1H3,(H,10,11);1-3H,(H2,7,8). The van der Waals surface area contributed by atoms with Crippen LogP contribution in [0.15, 0.2) is 224 Å². The molecule has 0 saturated heterocycles. The molecule has 0 aliphatic rings. The lowest BCUT2D eigenvalue weighted by Gasteiger charge is -2.16. The fraction of sp³-hybridized carbons (Fsp3) is 0.125. The molecule has 0 atom stereocenters. The van der Waals surface area contributed by atoms with Crippen molar-refractivity contribution in [3.63, 3.8) is 0 Å². The van der Waals surface area contributed by atoms with Crippen molar-refractivity contribution in [1.29, 1.82) is 0 Å². The molecule has 0 aliphatic carbocycles. The molecule has 738 valence electrons. The summed E-state index contributed by atoms with van der Waals surface area (Å²) in [7, 11) is 5.13. The molecule has 0 spiro atoms. The number of aromatic nitrogens is 6. The molecule has 6 heterocycles. The van der Waals surface area contributed by atoms with Gasteiger partial charge in [-0.2, -0.15) is 0 Å². The van der Waals surface area contributed by atoms with E-state index in [0.717, 1.165) is 12.1 Å². The van der Waals surface area contributed by atoms with E-state index < -0.39 is 66.9 Å². The number of nitrogens with zero attached hydrogens (tertiary/aromatic N) is 9. The summed E-state index contributed by atoms with van der Waals surface area (Å²) in [5.74, 6) is 4.33. The van der Waals surface area contributed by atoms with E-state index >= 15 is 0 Å². The van der Waals surface area contributed by atoms with Gasteiger partial charge in [-0.15, -0.1) is 11.1 Å². The van der Waals surface area contributed by atoms with Crippen molar-refractivity contribution in [3.05, 3.63) is 341 Å². The first-order valence-corrected chi connectivity index (χ1v) is 50.9. The van der Waals surface area contributed by atoms with Crippen molar-refractivity contribution in [3.8, 4) is 57.4 Å². The summed E-state index contributed by atoms with van der Waals surface area (Å²) in [6, 6.07) is 45.7. The first-order valence-electron chi connectivity index (χ1n) is 40.9. The molecular formula is C96H87BrCl6FN19O18Si2. The number of nitrogens with two attached hydrogens (primary N) is 4. The molecule has 47 heteroatoms. The largest absolute Gasteiger partial charge is 0.495 e. The van der Waals surface area contributed by atoms with Crippen LogP contribution >= 0.6 is 85.5 Å². The van der Waals surface area contributed by atoms with Gasteiger partial charge >= 0.3 is 17.3 Å². The number of halogens is 8. The highest BCUT2D eigenvalue weighted by atomic mass is 79.9. The Morgan fingerprint density at radius 1 is 0.392 bits per heavy atom. The molecule has 15 N–H and O–H groups in total. The molecule has 6 aromatic heterocycles. The highest BCUT2D eigenvalue weighted by Crippen LogP contribution is 2.37. The molecule has 13 rings (SSSR count). The molecule has 7 aromatic carbocycles. The van der Waals surface area contributed by atoms with Crippen molar-refractivity contribution in [1.82, 2.24) is 29.9 Å². The fourth-order valence-electron chi connectivity index (χ4n) is 11.2. The smallest absolute Gasteiger partial charge is 0.342 e. The SMILES string of the molecule is COc1cc(Br)cc(C(=O)Nc2ccc(Cl)cn2)c1N.COc1cc(C#C[Si](C)(C)C)cc(C(=O)Nc2ccc(Cl)cn2)c1N.COc1cccc(C(=O)Nc2ccc(Cl)cn2)c1N.COc1cccc(C(=O)Nc2ccc(Cl)cn2)c1[N+](=O)[O-].COc1cccc(C(=O)O)c1[N+](=O)[O-].Nc1ccc(Cl)cn1.[C-]#[N+]c1ccc(C(=O)Nc2c(OC)cc(C#C[Si](C)(C)C)cc2C(=O)Nc2ccc(Cl)cn2)c(F)c1. The lowest BCUT2D eigenvalue weighted by molar-refractivity contribution is -0.386. The number of ether oxygens (including phenoxy) is 6. The predicted octanol–water partition coefficient (Wildman–Crippen LogP) is 21.4. The minimum absolute atomic E-state index is 0.0108. The molecule has 37 nitrogen and oxygen atoms in total. The third-order valence-electron chi connectivity index (χ3n) is 17.9. The number of rotatable bonds is 21.